The molecule has 20 heavy (non-hydrogen) atoms. The van der Waals surface area contributed by atoms with Crippen LogP contribution in [0.15, 0.2) is 12.1 Å². The number of anilines is 1. The minimum absolute atomic E-state index is 0.0514. The summed E-state index contributed by atoms with van der Waals surface area (Å²) in [7, 11) is 0. The van der Waals surface area contributed by atoms with Gasteiger partial charge in [0.25, 0.3) is 0 Å². The number of nitrogens with one attached hydrogen (secondary N) is 2. The van der Waals surface area contributed by atoms with Crippen LogP contribution in [0.5, 0.6) is 0 Å². The number of hydrogen-bond donors (Lipinski definition) is 3. The maximum Gasteiger partial charge on any atom is 0.336 e. The number of benzene rings is 1. The Morgan fingerprint density at radius 3 is 2.55 bits per heavy atom. The van der Waals surface area contributed by atoms with Crippen molar-refractivity contribution in [3.63, 3.8) is 0 Å². The lowest BCUT2D eigenvalue weighted by atomic mass is 10.0. The predicted molar refractivity (Wildman–Crippen MR) is 82.9 cm³/mol. The van der Waals surface area contributed by atoms with Crippen LogP contribution in [0.25, 0.3) is 0 Å². The Balaban J connectivity index is 2.83. The van der Waals surface area contributed by atoms with E-state index in [2.05, 4.69) is 10.6 Å². The number of urea groups is 1. The standard InChI is InChI=1S/C14H20N2O3S/c1-8-5-11(6-12(10(8)3)13(17)18)16-14(19)15-9(2)7-20-4/h5-6,9H,7H2,1-4H3,(H,17,18)(H2,15,16,19). The molecule has 1 rings (SSSR count). The van der Waals surface area contributed by atoms with Crippen molar-refractivity contribution >= 4 is 29.4 Å². The zero-order valence-electron chi connectivity index (χ0n) is 12.1. The van der Waals surface area contributed by atoms with Crippen LogP contribution in [0.3, 0.4) is 0 Å². The highest BCUT2D eigenvalue weighted by molar-refractivity contribution is 7.98. The molecule has 1 unspecified atom stereocenters. The second-order valence-electron chi connectivity index (χ2n) is 4.73. The summed E-state index contributed by atoms with van der Waals surface area (Å²) >= 11 is 1.65. The summed E-state index contributed by atoms with van der Waals surface area (Å²) in [5.74, 6) is -0.175. The largest absolute Gasteiger partial charge is 0.478 e. The summed E-state index contributed by atoms with van der Waals surface area (Å²) in [5.41, 5.74) is 2.23. The van der Waals surface area contributed by atoms with Gasteiger partial charge in [-0.15, -0.1) is 0 Å². The number of carboxylic acid groups (broad SMARTS) is 1. The molecule has 0 saturated heterocycles. The van der Waals surface area contributed by atoms with Gasteiger partial charge in [0.05, 0.1) is 5.56 Å². The van der Waals surface area contributed by atoms with Crippen molar-refractivity contribution in [2.24, 2.45) is 0 Å². The van der Waals surface area contributed by atoms with Crippen molar-refractivity contribution in [3.8, 4) is 0 Å². The van der Waals surface area contributed by atoms with Crippen LogP contribution >= 0.6 is 11.8 Å². The first-order valence-corrected chi connectivity index (χ1v) is 7.65. The molecular weight excluding hydrogens is 276 g/mol. The first-order chi connectivity index (χ1) is 9.35. The second-order valence-corrected chi connectivity index (χ2v) is 5.64. The van der Waals surface area contributed by atoms with E-state index < -0.39 is 5.97 Å². The fourth-order valence-electron chi connectivity index (χ4n) is 1.84. The highest BCUT2D eigenvalue weighted by Gasteiger charge is 2.13. The zero-order valence-corrected chi connectivity index (χ0v) is 12.9. The Labute approximate surface area is 123 Å². The van der Waals surface area contributed by atoms with Crippen molar-refractivity contribution in [1.29, 1.82) is 0 Å². The first kappa shape index (κ1) is 16.4. The Morgan fingerprint density at radius 2 is 2.00 bits per heavy atom. The van der Waals surface area contributed by atoms with E-state index in [0.717, 1.165) is 11.3 Å². The van der Waals surface area contributed by atoms with E-state index in [9.17, 15) is 9.59 Å². The molecule has 0 saturated carbocycles. The zero-order chi connectivity index (χ0) is 15.3. The molecule has 0 bridgehead atoms. The molecule has 2 amide bonds. The second kappa shape index (κ2) is 7.19. The lowest BCUT2D eigenvalue weighted by Gasteiger charge is -2.15. The molecule has 0 aliphatic carbocycles. The molecule has 0 radical (unpaired) electrons. The molecule has 5 nitrogen and oxygen atoms in total. The maximum atomic E-state index is 11.8. The molecule has 6 heteroatoms. The summed E-state index contributed by atoms with van der Waals surface area (Å²) in [4.78, 5) is 22.9. The molecule has 1 atom stereocenters. The molecule has 0 aromatic heterocycles. The third kappa shape index (κ3) is 4.45. The molecule has 0 aliphatic rings. The fraction of sp³-hybridized carbons (Fsp3) is 0.429. The summed E-state index contributed by atoms with van der Waals surface area (Å²) in [6.07, 6.45) is 1.97. The topological polar surface area (TPSA) is 78.4 Å². The van der Waals surface area contributed by atoms with E-state index in [0.29, 0.717) is 11.3 Å². The van der Waals surface area contributed by atoms with Crippen molar-refractivity contribution in [3.05, 3.63) is 28.8 Å². The van der Waals surface area contributed by atoms with E-state index in [1.54, 1.807) is 24.8 Å². The number of hydrogen-bond acceptors (Lipinski definition) is 3. The molecule has 1 aromatic rings. The highest BCUT2D eigenvalue weighted by atomic mass is 32.2. The van der Waals surface area contributed by atoms with Gasteiger partial charge in [-0.1, -0.05) is 0 Å². The van der Waals surface area contributed by atoms with Gasteiger partial charge in [-0.2, -0.15) is 11.8 Å². The van der Waals surface area contributed by atoms with E-state index >= 15 is 0 Å². The molecule has 0 spiro atoms. The highest BCUT2D eigenvalue weighted by Crippen LogP contribution is 2.20. The van der Waals surface area contributed by atoms with Crippen LogP contribution in [0.2, 0.25) is 0 Å². The Bertz CT molecular complexity index is 517. The minimum atomic E-state index is -0.995. The Kier molecular flexibility index (Phi) is 5.88. The van der Waals surface area contributed by atoms with Gasteiger partial charge in [0.15, 0.2) is 0 Å². The van der Waals surface area contributed by atoms with Gasteiger partial charge in [-0.05, 0) is 50.3 Å². The lowest BCUT2D eigenvalue weighted by Crippen LogP contribution is -2.37. The molecule has 0 heterocycles. The quantitative estimate of drug-likeness (QED) is 0.780. The summed E-state index contributed by atoms with van der Waals surface area (Å²) in [5, 5.41) is 14.6. The normalized spacial score (nSPS) is 11.8. The molecular formula is C14H20N2O3S. The van der Waals surface area contributed by atoms with Gasteiger partial charge in [0.1, 0.15) is 0 Å². The third-order valence-corrected chi connectivity index (χ3v) is 3.78. The number of carbonyl (C=O) groups excluding carboxylic acids is 1. The molecule has 3 N–H and O–H groups in total. The van der Waals surface area contributed by atoms with Crippen molar-refractivity contribution in [2.75, 3.05) is 17.3 Å². The average molecular weight is 296 g/mol. The van der Waals surface area contributed by atoms with Crippen LogP contribution in [0.4, 0.5) is 10.5 Å². The van der Waals surface area contributed by atoms with Crippen molar-refractivity contribution in [1.82, 2.24) is 5.32 Å². The van der Waals surface area contributed by atoms with Crippen LogP contribution < -0.4 is 10.6 Å². The summed E-state index contributed by atoms with van der Waals surface area (Å²) in [6.45, 7) is 5.49. The molecule has 0 fully saturated rings. The number of aryl methyl sites for hydroxylation is 1. The summed E-state index contributed by atoms with van der Waals surface area (Å²) in [6, 6.07) is 2.96. The van der Waals surface area contributed by atoms with Crippen LogP contribution in [0.1, 0.15) is 28.4 Å². The predicted octanol–water partition coefficient (Wildman–Crippen LogP) is 2.87. The number of rotatable bonds is 5. The number of carbonyl (C=O) groups is 2. The van der Waals surface area contributed by atoms with E-state index in [1.807, 2.05) is 20.1 Å². The van der Waals surface area contributed by atoms with Gasteiger partial charge in [-0.3, -0.25) is 0 Å². The van der Waals surface area contributed by atoms with Crippen molar-refractivity contribution < 1.29 is 14.7 Å². The number of thioether (sulfide) groups is 1. The molecule has 110 valence electrons. The van der Waals surface area contributed by atoms with Gasteiger partial charge >= 0.3 is 12.0 Å². The lowest BCUT2D eigenvalue weighted by molar-refractivity contribution is 0.0696. The van der Waals surface area contributed by atoms with Gasteiger partial charge < -0.3 is 15.7 Å². The van der Waals surface area contributed by atoms with E-state index in [-0.39, 0.29) is 17.6 Å². The average Bonchev–Trinajstić information content (AvgIpc) is 2.33. The monoisotopic (exact) mass is 296 g/mol. The molecule has 0 aliphatic heterocycles. The number of carboxylic acids is 1. The number of aromatic carboxylic acids is 1. The van der Waals surface area contributed by atoms with Crippen LogP contribution in [-0.4, -0.2) is 35.2 Å². The maximum absolute atomic E-state index is 11.8. The first-order valence-electron chi connectivity index (χ1n) is 6.26. The van der Waals surface area contributed by atoms with Crippen LogP contribution in [-0.2, 0) is 0 Å². The number of amides is 2. The van der Waals surface area contributed by atoms with Crippen molar-refractivity contribution in [2.45, 2.75) is 26.8 Å². The third-order valence-electron chi connectivity index (χ3n) is 2.95. The van der Waals surface area contributed by atoms with E-state index in [1.165, 1.54) is 6.07 Å². The fourth-order valence-corrected chi connectivity index (χ4v) is 2.42. The summed E-state index contributed by atoms with van der Waals surface area (Å²) < 4.78 is 0. The van der Waals surface area contributed by atoms with Gasteiger partial charge in [0.2, 0.25) is 0 Å². The SMILES string of the molecule is CSCC(C)NC(=O)Nc1cc(C)c(C)c(C(=O)O)c1. The van der Waals surface area contributed by atoms with Gasteiger partial charge in [-0.25, -0.2) is 9.59 Å². The van der Waals surface area contributed by atoms with Gasteiger partial charge in [0, 0.05) is 17.5 Å². The molecule has 1 aromatic carbocycles. The Morgan fingerprint density at radius 1 is 1.35 bits per heavy atom. The minimum Gasteiger partial charge on any atom is -0.478 e. The van der Waals surface area contributed by atoms with Crippen LogP contribution in [0, 0.1) is 13.8 Å². The smallest absolute Gasteiger partial charge is 0.336 e. The Hall–Kier alpha value is -1.69. The van der Waals surface area contributed by atoms with E-state index in [4.69, 9.17) is 5.11 Å².